The molecule has 1 saturated heterocycles. The molecule has 2 aliphatic rings. The van der Waals surface area contributed by atoms with E-state index in [2.05, 4.69) is 13.8 Å². The number of carbonyl (C=O) groups is 2. The number of carbonyl (C=O) groups excluding carboxylic acids is 2. The number of fused-ring (bicyclic) bond motifs is 1. The summed E-state index contributed by atoms with van der Waals surface area (Å²) in [4.78, 5) is 23.1. The van der Waals surface area contributed by atoms with Crippen LogP contribution in [-0.2, 0) is 14.3 Å². The van der Waals surface area contributed by atoms with Crippen molar-refractivity contribution in [3.05, 3.63) is 0 Å². The van der Waals surface area contributed by atoms with Crippen molar-refractivity contribution in [3.63, 3.8) is 0 Å². The van der Waals surface area contributed by atoms with E-state index in [1.54, 1.807) is 0 Å². The topological polar surface area (TPSA) is 43.4 Å². The molecule has 0 bridgehead atoms. The van der Waals surface area contributed by atoms with Gasteiger partial charge in [0.15, 0.2) is 0 Å². The summed E-state index contributed by atoms with van der Waals surface area (Å²) in [5, 5.41) is 0. The SMILES string of the molecule is C[C@H]1C[C@H]2C(=O)OC(C)(C)[C@H]2C(C=O)[C@@H]1C. The predicted octanol–water partition coefficient (Wildman–Crippen LogP) is 2.05. The van der Waals surface area contributed by atoms with Crippen molar-refractivity contribution < 1.29 is 14.3 Å². The second kappa shape index (κ2) is 3.57. The van der Waals surface area contributed by atoms with Crippen LogP contribution in [0.1, 0.15) is 34.1 Å². The first-order valence-electron chi connectivity index (χ1n) is 6.06. The van der Waals surface area contributed by atoms with Crippen molar-refractivity contribution in [1.29, 1.82) is 0 Å². The average Bonchev–Trinajstić information content (AvgIpc) is 2.40. The van der Waals surface area contributed by atoms with Crippen LogP contribution in [-0.4, -0.2) is 17.9 Å². The molecule has 5 atom stereocenters. The Labute approximate surface area is 96.5 Å². The lowest BCUT2D eigenvalue weighted by Crippen LogP contribution is -2.45. The molecule has 90 valence electrons. The zero-order chi connectivity index (χ0) is 12.1. The molecule has 1 saturated carbocycles. The van der Waals surface area contributed by atoms with E-state index in [1.807, 2.05) is 13.8 Å². The van der Waals surface area contributed by atoms with E-state index in [1.165, 1.54) is 0 Å². The lowest BCUT2D eigenvalue weighted by molar-refractivity contribution is -0.149. The van der Waals surface area contributed by atoms with Gasteiger partial charge in [-0.1, -0.05) is 13.8 Å². The quantitative estimate of drug-likeness (QED) is 0.505. The fourth-order valence-electron chi connectivity index (χ4n) is 3.54. The third-order valence-electron chi connectivity index (χ3n) is 4.60. The monoisotopic (exact) mass is 224 g/mol. The molecule has 3 nitrogen and oxygen atoms in total. The molecule has 0 aromatic rings. The minimum Gasteiger partial charge on any atom is -0.459 e. The van der Waals surface area contributed by atoms with E-state index >= 15 is 0 Å². The lowest BCUT2D eigenvalue weighted by Gasteiger charge is -2.41. The van der Waals surface area contributed by atoms with Crippen molar-refractivity contribution >= 4 is 12.3 Å². The number of cyclic esters (lactones) is 1. The summed E-state index contributed by atoms with van der Waals surface area (Å²) in [6.45, 7) is 8.08. The summed E-state index contributed by atoms with van der Waals surface area (Å²) in [6, 6.07) is 0. The smallest absolute Gasteiger partial charge is 0.309 e. The van der Waals surface area contributed by atoms with Gasteiger partial charge in [0.05, 0.1) is 5.92 Å². The first kappa shape index (κ1) is 11.6. The summed E-state index contributed by atoms with van der Waals surface area (Å²) in [6.07, 6.45) is 1.89. The molecule has 0 N–H and O–H groups in total. The van der Waals surface area contributed by atoms with Crippen LogP contribution in [0.15, 0.2) is 0 Å². The van der Waals surface area contributed by atoms with Gasteiger partial charge in [0, 0.05) is 11.8 Å². The van der Waals surface area contributed by atoms with Crippen LogP contribution in [0.5, 0.6) is 0 Å². The highest BCUT2D eigenvalue weighted by molar-refractivity contribution is 5.77. The van der Waals surface area contributed by atoms with Crippen LogP contribution in [0.2, 0.25) is 0 Å². The van der Waals surface area contributed by atoms with Crippen LogP contribution in [0.3, 0.4) is 0 Å². The lowest BCUT2D eigenvalue weighted by atomic mass is 9.60. The Hall–Kier alpha value is -0.860. The Kier molecular flexibility index (Phi) is 2.59. The third kappa shape index (κ3) is 1.48. The standard InChI is InChI=1S/C13H20O3/c1-7-5-9-11(10(6-14)8(7)2)13(3,4)16-12(9)15/h6-11H,5H2,1-4H3/t7-,8+,9+,10?,11+/m0/s1. The van der Waals surface area contributed by atoms with Crippen LogP contribution in [0, 0.1) is 29.6 Å². The van der Waals surface area contributed by atoms with Gasteiger partial charge in [0.2, 0.25) is 0 Å². The molecule has 1 unspecified atom stereocenters. The molecule has 0 aromatic heterocycles. The zero-order valence-electron chi connectivity index (χ0n) is 10.4. The molecule has 0 spiro atoms. The van der Waals surface area contributed by atoms with Gasteiger partial charge in [-0.2, -0.15) is 0 Å². The minimum absolute atomic E-state index is 0.0461. The molecule has 0 radical (unpaired) electrons. The summed E-state index contributed by atoms with van der Waals surface area (Å²) in [5.74, 6) is 0.585. The summed E-state index contributed by atoms with van der Waals surface area (Å²) in [7, 11) is 0. The van der Waals surface area contributed by atoms with E-state index in [-0.39, 0.29) is 23.7 Å². The molecule has 1 aliphatic carbocycles. The van der Waals surface area contributed by atoms with Crippen molar-refractivity contribution in [2.75, 3.05) is 0 Å². The van der Waals surface area contributed by atoms with E-state index in [0.29, 0.717) is 11.8 Å². The molecule has 2 fully saturated rings. The predicted molar refractivity (Wildman–Crippen MR) is 59.7 cm³/mol. The van der Waals surface area contributed by atoms with Crippen LogP contribution in [0.25, 0.3) is 0 Å². The molecule has 0 aromatic carbocycles. The summed E-state index contributed by atoms with van der Waals surface area (Å²) >= 11 is 0. The molecule has 2 rings (SSSR count). The number of ether oxygens (including phenoxy) is 1. The molecule has 16 heavy (non-hydrogen) atoms. The maximum Gasteiger partial charge on any atom is 0.309 e. The molecule has 1 heterocycles. The highest BCUT2D eigenvalue weighted by Crippen LogP contribution is 2.51. The van der Waals surface area contributed by atoms with Gasteiger partial charge < -0.3 is 9.53 Å². The Morgan fingerprint density at radius 2 is 2.00 bits per heavy atom. The van der Waals surface area contributed by atoms with Crippen molar-refractivity contribution in [3.8, 4) is 0 Å². The van der Waals surface area contributed by atoms with Gasteiger partial charge in [-0.25, -0.2) is 0 Å². The van der Waals surface area contributed by atoms with Gasteiger partial charge in [0.1, 0.15) is 11.9 Å². The number of rotatable bonds is 1. The zero-order valence-corrected chi connectivity index (χ0v) is 10.4. The van der Waals surface area contributed by atoms with Gasteiger partial charge in [0.25, 0.3) is 0 Å². The van der Waals surface area contributed by atoms with Crippen LogP contribution >= 0.6 is 0 Å². The van der Waals surface area contributed by atoms with E-state index in [9.17, 15) is 9.59 Å². The van der Waals surface area contributed by atoms with E-state index < -0.39 is 5.60 Å². The average molecular weight is 224 g/mol. The Morgan fingerprint density at radius 1 is 1.38 bits per heavy atom. The van der Waals surface area contributed by atoms with Gasteiger partial charge in [-0.15, -0.1) is 0 Å². The number of aldehydes is 1. The first-order chi connectivity index (χ1) is 7.38. The molecule has 0 amide bonds. The second-order valence-corrected chi connectivity index (χ2v) is 5.94. The van der Waals surface area contributed by atoms with Crippen LogP contribution < -0.4 is 0 Å². The fraction of sp³-hybridized carbons (Fsp3) is 0.846. The molecule has 1 aliphatic heterocycles. The van der Waals surface area contributed by atoms with E-state index in [0.717, 1.165) is 12.7 Å². The maximum absolute atomic E-state index is 11.8. The van der Waals surface area contributed by atoms with Gasteiger partial charge in [-0.3, -0.25) is 4.79 Å². The fourth-order valence-corrected chi connectivity index (χ4v) is 3.54. The second-order valence-electron chi connectivity index (χ2n) is 5.94. The number of hydrogen-bond donors (Lipinski definition) is 0. The summed E-state index contributed by atoms with van der Waals surface area (Å²) < 4.78 is 5.43. The van der Waals surface area contributed by atoms with Gasteiger partial charge >= 0.3 is 5.97 Å². The highest BCUT2D eigenvalue weighted by atomic mass is 16.6. The third-order valence-corrected chi connectivity index (χ3v) is 4.60. The van der Waals surface area contributed by atoms with Crippen molar-refractivity contribution in [2.24, 2.45) is 29.6 Å². The van der Waals surface area contributed by atoms with Gasteiger partial charge in [-0.05, 0) is 32.1 Å². The minimum atomic E-state index is -0.484. The number of esters is 1. The molecule has 3 heteroatoms. The largest absolute Gasteiger partial charge is 0.459 e. The van der Waals surface area contributed by atoms with Crippen molar-refractivity contribution in [1.82, 2.24) is 0 Å². The normalized spacial score (nSPS) is 46.0. The van der Waals surface area contributed by atoms with Crippen molar-refractivity contribution in [2.45, 2.75) is 39.7 Å². The summed E-state index contributed by atoms with van der Waals surface area (Å²) in [5.41, 5.74) is -0.484. The Bertz CT molecular complexity index is 321. The maximum atomic E-state index is 11.8. The highest BCUT2D eigenvalue weighted by Gasteiger charge is 2.57. The van der Waals surface area contributed by atoms with Crippen LogP contribution in [0.4, 0.5) is 0 Å². The molecular weight excluding hydrogens is 204 g/mol. The first-order valence-corrected chi connectivity index (χ1v) is 6.06. The van der Waals surface area contributed by atoms with E-state index in [4.69, 9.17) is 4.74 Å². The number of hydrogen-bond acceptors (Lipinski definition) is 3. The molecular formula is C13H20O3. The Balaban J connectivity index is 2.37. The Morgan fingerprint density at radius 3 is 2.56 bits per heavy atom.